The molecule has 1 rings (SSSR count). The van der Waals surface area contributed by atoms with E-state index < -0.39 is 0 Å². The Morgan fingerprint density at radius 2 is 1.94 bits per heavy atom. The minimum Gasteiger partial charge on any atom is -0.351 e. The van der Waals surface area contributed by atoms with Gasteiger partial charge in [-0.1, -0.05) is 20.8 Å². The van der Waals surface area contributed by atoms with Gasteiger partial charge >= 0.3 is 6.03 Å². The summed E-state index contributed by atoms with van der Waals surface area (Å²) in [5, 5.41) is 3.58. The molecule has 0 aromatic rings. The number of urea groups is 1. The second-order valence-corrected chi connectivity index (χ2v) is 5.23. The molecule has 1 fully saturated rings. The lowest BCUT2D eigenvalue weighted by Crippen LogP contribution is -2.47. The third-order valence-corrected chi connectivity index (χ3v) is 3.67. The number of primary amides is 1. The van der Waals surface area contributed by atoms with Crippen molar-refractivity contribution in [1.29, 1.82) is 0 Å². The Morgan fingerprint density at radius 3 is 2.38 bits per heavy atom. The van der Waals surface area contributed by atoms with Gasteiger partial charge in [-0.15, -0.1) is 0 Å². The summed E-state index contributed by atoms with van der Waals surface area (Å²) < 4.78 is 0. The number of nitrogens with zero attached hydrogens (tertiary/aromatic N) is 1. The minimum atomic E-state index is -0.283. The van der Waals surface area contributed by atoms with Crippen LogP contribution in [0.4, 0.5) is 4.79 Å². The molecule has 94 valence electrons. The Balaban J connectivity index is 2.20. The lowest BCUT2D eigenvalue weighted by molar-refractivity contribution is 0.183. The Labute approximate surface area is 98.6 Å². The zero-order valence-corrected chi connectivity index (χ0v) is 10.7. The number of rotatable bonds is 4. The molecule has 0 saturated carbocycles. The molecule has 2 amide bonds. The van der Waals surface area contributed by atoms with Crippen molar-refractivity contribution < 1.29 is 4.79 Å². The molecular weight excluding hydrogens is 202 g/mol. The van der Waals surface area contributed by atoms with Gasteiger partial charge in [-0.3, -0.25) is 0 Å². The molecule has 1 aliphatic heterocycles. The van der Waals surface area contributed by atoms with Gasteiger partial charge in [0.15, 0.2) is 0 Å². The van der Waals surface area contributed by atoms with Gasteiger partial charge in [-0.05, 0) is 31.2 Å². The van der Waals surface area contributed by atoms with Gasteiger partial charge < -0.3 is 16.0 Å². The zero-order chi connectivity index (χ0) is 12.1. The summed E-state index contributed by atoms with van der Waals surface area (Å²) in [7, 11) is 0. The third kappa shape index (κ3) is 4.00. The lowest BCUT2D eigenvalue weighted by atomic mass is 9.97. The number of carbonyl (C=O) groups is 1. The molecule has 1 atom stereocenters. The predicted molar refractivity (Wildman–Crippen MR) is 66.2 cm³/mol. The van der Waals surface area contributed by atoms with E-state index in [0.717, 1.165) is 38.4 Å². The number of amides is 2. The first kappa shape index (κ1) is 13.3. The first-order valence-corrected chi connectivity index (χ1v) is 6.28. The number of likely N-dealkylation sites (tertiary alicyclic amines) is 1. The first-order valence-electron chi connectivity index (χ1n) is 6.28. The monoisotopic (exact) mass is 227 g/mol. The smallest absolute Gasteiger partial charge is 0.314 e. The molecule has 1 aliphatic rings. The van der Waals surface area contributed by atoms with Crippen molar-refractivity contribution in [3.8, 4) is 0 Å². The van der Waals surface area contributed by atoms with Crippen LogP contribution in [0.2, 0.25) is 0 Å². The van der Waals surface area contributed by atoms with Crippen LogP contribution in [0.5, 0.6) is 0 Å². The van der Waals surface area contributed by atoms with Gasteiger partial charge in [-0.25, -0.2) is 4.79 Å². The van der Waals surface area contributed by atoms with Crippen LogP contribution in [0.1, 0.15) is 33.6 Å². The van der Waals surface area contributed by atoms with E-state index in [1.165, 1.54) is 0 Å². The van der Waals surface area contributed by atoms with E-state index >= 15 is 0 Å². The summed E-state index contributed by atoms with van der Waals surface area (Å²) in [6.45, 7) is 9.44. The molecule has 0 bridgehead atoms. The van der Waals surface area contributed by atoms with Crippen molar-refractivity contribution in [2.75, 3.05) is 19.6 Å². The van der Waals surface area contributed by atoms with Gasteiger partial charge in [0.2, 0.25) is 0 Å². The molecule has 0 spiro atoms. The van der Waals surface area contributed by atoms with Crippen LogP contribution < -0.4 is 11.1 Å². The topological polar surface area (TPSA) is 58.4 Å². The second kappa shape index (κ2) is 6.09. The maximum Gasteiger partial charge on any atom is 0.314 e. The average molecular weight is 227 g/mol. The van der Waals surface area contributed by atoms with Gasteiger partial charge in [0.05, 0.1) is 0 Å². The maximum atomic E-state index is 10.9. The lowest BCUT2D eigenvalue weighted by Gasteiger charge is -2.32. The van der Waals surface area contributed by atoms with Crippen LogP contribution in [0.25, 0.3) is 0 Å². The highest BCUT2D eigenvalue weighted by Gasteiger charge is 2.21. The Morgan fingerprint density at radius 1 is 1.38 bits per heavy atom. The van der Waals surface area contributed by atoms with Crippen molar-refractivity contribution in [3.05, 3.63) is 0 Å². The van der Waals surface area contributed by atoms with E-state index in [0.29, 0.717) is 12.0 Å². The Bertz CT molecular complexity index is 222. The highest BCUT2D eigenvalue weighted by molar-refractivity contribution is 5.72. The average Bonchev–Trinajstić information content (AvgIpc) is 2.26. The fourth-order valence-corrected chi connectivity index (χ4v) is 1.89. The van der Waals surface area contributed by atoms with Crippen LogP contribution in [0.3, 0.4) is 0 Å². The van der Waals surface area contributed by atoms with Gasteiger partial charge in [0.1, 0.15) is 0 Å². The summed E-state index contributed by atoms with van der Waals surface area (Å²) in [6, 6.07) is 0.269. The Kier molecular flexibility index (Phi) is 5.06. The summed E-state index contributed by atoms with van der Waals surface area (Å²) in [5.41, 5.74) is 5.24. The third-order valence-electron chi connectivity index (χ3n) is 3.67. The van der Waals surface area contributed by atoms with E-state index in [1.807, 2.05) is 0 Å². The van der Waals surface area contributed by atoms with Crippen molar-refractivity contribution >= 4 is 6.03 Å². The minimum absolute atomic E-state index is 0.283. The summed E-state index contributed by atoms with van der Waals surface area (Å²) in [6.07, 6.45) is 2.04. The highest BCUT2D eigenvalue weighted by atomic mass is 16.2. The SMILES string of the molecule is CC(C)C(C)CNC1CCN(C(N)=O)CC1. The molecule has 16 heavy (non-hydrogen) atoms. The molecule has 0 aliphatic carbocycles. The van der Waals surface area contributed by atoms with Crippen molar-refractivity contribution in [2.45, 2.75) is 39.7 Å². The Hall–Kier alpha value is -0.770. The van der Waals surface area contributed by atoms with E-state index in [9.17, 15) is 4.79 Å². The van der Waals surface area contributed by atoms with Crippen LogP contribution in [0, 0.1) is 11.8 Å². The summed E-state index contributed by atoms with van der Waals surface area (Å²) in [5.74, 6) is 1.42. The van der Waals surface area contributed by atoms with E-state index in [4.69, 9.17) is 5.73 Å². The van der Waals surface area contributed by atoms with Crippen molar-refractivity contribution in [1.82, 2.24) is 10.2 Å². The normalized spacial score (nSPS) is 20.1. The largest absolute Gasteiger partial charge is 0.351 e. The fraction of sp³-hybridized carbons (Fsp3) is 0.917. The van der Waals surface area contributed by atoms with Gasteiger partial charge in [0, 0.05) is 19.1 Å². The highest BCUT2D eigenvalue weighted by Crippen LogP contribution is 2.12. The summed E-state index contributed by atoms with van der Waals surface area (Å²) in [4.78, 5) is 12.7. The predicted octanol–water partition coefficient (Wildman–Crippen LogP) is 1.41. The molecule has 1 heterocycles. The summed E-state index contributed by atoms with van der Waals surface area (Å²) >= 11 is 0. The van der Waals surface area contributed by atoms with Crippen LogP contribution in [0.15, 0.2) is 0 Å². The molecule has 0 radical (unpaired) electrons. The van der Waals surface area contributed by atoms with E-state index in [1.54, 1.807) is 4.90 Å². The number of carbonyl (C=O) groups excluding carboxylic acids is 1. The van der Waals surface area contributed by atoms with Crippen LogP contribution in [-0.2, 0) is 0 Å². The quantitative estimate of drug-likeness (QED) is 0.763. The molecular formula is C12H25N3O. The molecule has 4 heteroatoms. The molecule has 0 aromatic heterocycles. The van der Waals surface area contributed by atoms with Crippen LogP contribution in [-0.4, -0.2) is 36.6 Å². The number of hydrogen-bond acceptors (Lipinski definition) is 2. The molecule has 1 saturated heterocycles. The second-order valence-electron chi connectivity index (χ2n) is 5.23. The van der Waals surface area contributed by atoms with Gasteiger partial charge in [-0.2, -0.15) is 0 Å². The molecule has 1 unspecified atom stereocenters. The molecule has 4 nitrogen and oxygen atoms in total. The standard InChI is InChI=1S/C12H25N3O/c1-9(2)10(3)8-14-11-4-6-15(7-5-11)12(13)16/h9-11,14H,4-8H2,1-3H3,(H2,13,16). The van der Waals surface area contributed by atoms with E-state index in [-0.39, 0.29) is 6.03 Å². The maximum absolute atomic E-state index is 10.9. The van der Waals surface area contributed by atoms with Crippen molar-refractivity contribution in [2.24, 2.45) is 17.6 Å². The van der Waals surface area contributed by atoms with Crippen LogP contribution >= 0.6 is 0 Å². The number of piperidine rings is 1. The fourth-order valence-electron chi connectivity index (χ4n) is 1.89. The molecule has 3 N–H and O–H groups in total. The van der Waals surface area contributed by atoms with Gasteiger partial charge in [0.25, 0.3) is 0 Å². The zero-order valence-electron chi connectivity index (χ0n) is 10.7. The van der Waals surface area contributed by atoms with Crippen molar-refractivity contribution in [3.63, 3.8) is 0 Å². The number of hydrogen-bond donors (Lipinski definition) is 2. The number of nitrogens with one attached hydrogen (secondary N) is 1. The first-order chi connectivity index (χ1) is 7.50. The molecule has 0 aromatic carbocycles. The number of nitrogens with two attached hydrogens (primary N) is 1. The van der Waals surface area contributed by atoms with E-state index in [2.05, 4.69) is 26.1 Å².